The third-order valence-electron chi connectivity index (χ3n) is 3.36. The number of carbonyl (C=O) groups excluding carboxylic acids is 1. The van der Waals surface area contributed by atoms with Crippen LogP contribution >= 0.6 is 11.3 Å². The van der Waals surface area contributed by atoms with Crippen LogP contribution in [0.4, 0.5) is 5.13 Å². The van der Waals surface area contributed by atoms with Crippen molar-refractivity contribution in [3.63, 3.8) is 0 Å². The van der Waals surface area contributed by atoms with Crippen LogP contribution in [0.3, 0.4) is 0 Å². The average Bonchev–Trinajstić information content (AvgIpc) is 3.11. The number of hydrogen-bond acceptors (Lipinski definition) is 7. The second-order valence-electron chi connectivity index (χ2n) is 5.38. The number of nitrogens with zero attached hydrogens (tertiary/aromatic N) is 3. The highest BCUT2D eigenvalue weighted by atomic mass is 32.2. The fourth-order valence-corrected chi connectivity index (χ4v) is 3.94. The molecule has 0 aliphatic heterocycles. The first-order chi connectivity index (χ1) is 12.4. The van der Waals surface area contributed by atoms with Gasteiger partial charge in [-0.15, -0.1) is 10.2 Å². The number of anilines is 1. The van der Waals surface area contributed by atoms with E-state index in [0.717, 1.165) is 16.9 Å². The maximum absolute atomic E-state index is 12.3. The number of hydrogen-bond donors (Lipinski definition) is 2. The third kappa shape index (κ3) is 4.48. The lowest BCUT2D eigenvalue weighted by Crippen LogP contribution is -2.23. The van der Waals surface area contributed by atoms with E-state index >= 15 is 0 Å². The maximum atomic E-state index is 12.3. The average molecular weight is 389 g/mol. The topological polar surface area (TPSA) is 114 Å². The van der Waals surface area contributed by atoms with Gasteiger partial charge in [-0.25, -0.2) is 13.1 Å². The molecule has 2 aromatic heterocycles. The summed E-state index contributed by atoms with van der Waals surface area (Å²) in [6.07, 6.45) is 3.17. The van der Waals surface area contributed by atoms with E-state index in [-0.39, 0.29) is 21.9 Å². The Bertz CT molecular complexity index is 1000. The highest BCUT2D eigenvalue weighted by Crippen LogP contribution is 2.20. The molecule has 0 aliphatic rings. The highest BCUT2D eigenvalue weighted by Gasteiger charge is 2.21. The molecule has 0 aliphatic carbocycles. The normalized spacial score (nSPS) is 11.3. The number of aromatic nitrogens is 3. The van der Waals surface area contributed by atoms with Crippen molar-refractivity contribution >= 4 is 32.4 Å². The summed E-state index contributed by atoms with van der Waals surface area (Å²) in [5.74, 6) is -0.381. The number of carbonyl (C=O) groups is 1. The minimum Gasteiger partial charge on any atom is -0.296 e. The van der Waals surface area contributed by atoms with E-state index in [1.807, 2.05) is 19.1 Å². The number of benzene rings is 1. The Morgan fingerprint density at radius 3 is 2.62 bits per heavy atom. The second-order valence-corrected chi connectivity index (χ2v) is 8.30. The number of amides is 1. The van der Waals surface area contributed by atoms with E-state index in [9.17, 15) is 13.2 Å². The standard InChI is InChI=1S/C16H15N5O3S2/c1-11-4-6-13(7-5-11)14(22)19-15-20-21-16(25-15)26(23,24)18-10-12-3-2-8-17-9-12/h2-9,18H,10H2,1H3,(H,19,20,22). The van der Waals surface area contributed by atoms with Gasteiger partial charge in [-0.2, -0.15) is 0 Å². The monoisotopic (exact) mass is 389 g/mol. The first kappa shape index (κ1) is 18.1. The molecule has 134 valence electrons. The number of pyridine rings is 1. The van der Waals surface area contributed by atoms with Gasteiger partial charge in [0.05, 0.1) is 0 Å². The molecule has 2 N–H and O–H groups in total. The van der Waals surface area contributed by atoms with Gasteiger partial charge in [0.2, 0.25) is 9.47 Å². The molecule has 0 fully saturated rings. The molecule has 26 heavy (non-hydrogen) atoms. The molecule has 8 nitrogen and oxygen atoms in total. The van der Waals surface area contributed by atoms with Crippen LogP contribution in [0.25, 0.3) is 0 Å². The molecule has 1 amide bonds. The Hall–Kier alpha value is -2.69. The summed E-state index contributed by atoms with van der Waals surface area (Å²) in [6, 6.07) is 10.5. The van der Waals surface area contributed by atoms with E-state index in [0.29, 0.717) is 11.1 Å². The number of sulfonamides is 1. The van der Waals surface area contributed by atoms with Gasteiger partial charge in [0.1, 0.15) is 0 Å². The fourth-order valence-electron chi connectivity index (χ4n) is 1.99. The van der Waals surface area contributed by atoms with Gasteiger partial charge in [0.15, 0.2) is 0 Å². The highest BCUT2D eigenvalue weighted by molar-refractivity contribution is 7.91. The molecule has 0 atom stereocenters. The number of nitrogens with one attached hydrogen (secondary N) is 2. The molecule has 0 radical (unpaired) electrons. The van der Waals surface area contributed by atoms with Crippen molar-refractivity contribution in [2.75, 3.05) is 5.32 Å². The van der Waals surface area contributed by atoms with E-state index in [2.05, 4.69) is 25.2 Å². The van der Waals surface area contributed by atoms with E-state index in [1.54, 1.807) is 36.7 Å². The van der Waals surface area contributed by atoms with Crippen LogP contribution in [0.2, 0.25) is 0 Å². The maximum Gasteiger partial charge on any atom is 0.270 e. The lowest BCUT2D eigenvalue weighted by molar-refractivity contribution is 0.102. The first-order valence-corrected chi connectivity index (χ1v) is 9.84. The molecule has 0 bridgehead atoms. The molecule has 1 aromatic carbocycles. The van der Waals surface area contributed by atoms with Crippen molar-refractivity contribution in [1.29, 1.82) is 0 Å². The lowest BCUT2D eigenvalue weighted by Gasteiger charge is -2.03. The predicted octanol–water partition coefficient (Wildman–Crippen LogP) is 1.97. The molecular formula is C16H15N5O3S2. The van der Waals surface area contributed by atoms with Crippen LogP contribution in [0.15, 0.2) is 53.1 Å². The summed E-state index contributed by atoms with van der Waals surface area (Å²) in [4.78, 5) is 16.1. The molecule has 0 saturated heterocycles. The summed E-state index contributed by atoms with van der Waals surface area (Å²) in [7, 11) is -3.83. The SMILES string of the molecule is Cc1ccc(C(=O)Nc2nnc(S(=O)(=O)NCc3cccnc3)s2)cc1. The molecule has 0 spiro atoms. The van der Waals surface area contributed by atoms with E-state index < -0.39 is 10.0 Å². The van der Waals surface area contributed by atoms with Gasteiger partial charge in [-0.05, 0) is 30.7 Å². The summed E-state index contributed by atoms with van der Waals surface area (Å²) in [5, 5.41) is 10.0. The Balaban J connectivity index is 1.66. The van der Waals surface area contributed by atoms with Crippen molar-refractivity contribution in [3.05, 3.63) is 65.5 Å². The summed E-state index contributed by atoms with van der Waals surface area (Å²) in [5.41, 5.74) is 2.20. The van der Waals surface area contributed by atoms with Crippen LogP contribution in [0.5, 0.6) is 0 Å². The zero-order chi connectivity index (χ0) is 18.6. The smallest absolute Gasteiger partial charge is 0.270 e. The van der Waals surface area contributed by atoms with Gasteiger partial charge in [0, 0.05) is 24.5 Å². The molecule has 3 aromatic rings. The Morgan fingerprint density at radius 1 is 1.15 bits per heavy atom. The van der Waals surface area contributed by atoms with Gasteiger partial charge < -0.3 is 0 Å². The van der Waals surface area contributed by atoms with Gasteiger partial charge in [0.25, 0.3) is 15.9 Å². The fraction of sp³-hybridized carbons (Fsp3) is 0.125. The molecule has 0 unspecified atom stereocenters. The molecule has 0 saturated carbocycles. The van der Waals surface area contributed by atoms with Crippen molar-refractivity contribution in [2.24, 2.45) is 0 Å². The zero-order valence-corrected chi connectivity index (χ0v) is 15.3. The first-order valence-electron chi connectivity index (χ1n) is 7.54. The van der Waals surface area contributed by atoms with Crippen LogP contribution < -0.4 is 10.0 Å². The largest absolute Gasteiger partial charge is 0.296 e. The summed E-state index contributed by atoms with van der Waals surface area (Å²) >= 11 is 0.781. The van der Waals surface area contributed by atoms with Crippen molar-refractivity contribution < 1.29 is 13.2 Å². The summed E-state index contributed by atoms with van der Waals surface area (Å²) in [6.45, 7) is 2.00. The van der Waals surface area contributed by atoms with Gasteiger partial charge in [-0.1, -0.05) is 35.1 Å². The minimum absolute atomic E-state index is 0.0841. The van der Waals surface area contributed by atoms with Crippen molar-refractivity contribution in [1.82, 2.24) is 19.9 Å². The Morgan fingerprint density at radius 2 is 1.92 bits per heavy atom. The quantitative estimate of drug-likeness (QED) is 0.623. The lowest BCUT2D eigenvalue weighted by atomic mass is 10.1. The second kappa shape index (κ2) is 7.68. The molecule has 3 rings (SSSR count). The molecule has 2 heterocycles. The molecular weight excluding hydrogens is 374 g/mol. The van der Waals surface area contributed by atoms with Crippen LogP contribution in [0, 0.1) is 6.92 Å². The van der Waals surface area contributed by atoms with Crippen LogP contribution in [-0.4, -0.2) is 29.5 Å². The van der Waals surface area contributed by atoms with Gasteiger partial charge >= 0.3 is 0 Å². The van der Waals surface area contributed by atoms with E-state index in [4.69, 9.17) is 0 Å². The number of aryl methyl sites for hydroxylation is 1. The van der Waals surface area contributed by atoms with Gasteiger partial charge in [-0.3, -0.25) is 15.1 Å². The van der Waals surface area contributed by atoms with Crippen molar-refractivity contribution in [3.8, 4) is 0 Å². The predicted molar refractivity (Wildman–Crippen MR) is 97.3 cm³/mol. The number of rotatable bonds is 6. The Labute approximate surface area is 154 Å². The van der Waals surface area contributed by atoms with Crippen LogP contribution in [-0.2, 0) is 16.6 Å². The molecule has 10 heteroatoms. The summed E-state index contributed by atoms with van der Waals surface area (Å²) < 4.78 is 26.8. The zero-order valence-electron chi connectivity index (χ0n) is 13.7. The Kier molecular flexibility index (Phi) is 5.35. The minimum atomic E-state index is -3.83. The van der Waals surface area contributed by atoms with E-state index in [1.165, 1.54) is 0 Å². The van der Waals surface area contributed by atoms with Crippen molar-refractivity contribution in [2.45, 2.75) is 17.8 Å². The third-order valence-corrected chi connectivity index (χ3v) is 5.97. The van der Waals surface area contributed by atoms with Crippen LogP contribution in [0.1, 0.15) is 21.5 Å².